The van der Waals surface area contributed by atoms with Gasteiger partial charge in [0.05, 0.1) is 12.0 Å². The molecule has 0 aliphatic rings. The minimum Gasteiger partial charge on any atom is -0.490 e. The number of aliphatic imine (C=N–C) groups is 1. The molecule has 19 heavy (non-hydrogen) atoms. The Morgan fingerprint density at radius 2 is 2.26 bits per heavy atom. The van der Waals surface area contributed by atoms with Crippen molar-refractivity contribution in [3.05, 3.63) is 33.9 Å². The van der Waals surface area contributed by atoms with Crippen LogP contribution >= 0.6 is 11.8 Å². The smallest absolute Gasteiger partial charge is 0.311 e. The number of rotatable bonds is 4. The van der Waals surface area contributed by atoms with E-state index in [0.717, 1.165) is 11.8 Å². The summed E-state index contributed by atoms with van der Waals surface area (Å²) in [5.74, 6) is 0.344. The fourth-order valence-electron chi connectivity index (χ4n) is 1.27. The van der Waals surface area contributed by atoms with Crippen LogP contribution < -0.4 is 16.2 Å². The van der Waals surface area contributed by atoms with Gasteiger partial charge in [0.25, 0.3) is 0 Å². The molecule has 0 fully saturated rings. The Bertz CT molecular complexity index is 528. The summed E-state index contributed by atoms with van der Waals surface area (Å²) >= 11 is 1.06. The van der Waals surface area contributed by atoms with Gasteiger partial charge in [0.15, 0.2) is 16.9 Å². The Morgan fingerprint density at radius 1 is 1.58 bits per heavy atom. The van der Waals surface area contributed by atoms with Crippen molar-refractivity contribution in [1.29, 1.82) is 5.41 Å². The molecule has 9 heteroatoms. The number of hydrogen-bond acceptors (Lipinski definition) is 5. The van der Waals surface area contributed by atoms with Crippen LogP contribution in [0.1, 0.15) is 5.56 Å². The van der Waals surface area contributed by atoms with E-state index in [-0.39, 0.29) is 22.6 Å². The van der Waals surface area contributed by atoms with E-state index in [2.05, 4.69) is 4.99 Å². The maximum atomic E-state index is 10.8. The van der Waals surface area contributed by atoms with Gasteiger partial charge in [-0.3, -0.25) is 15.5 Å². The van der Waals surface area contributed by atoms with Crippen molar-refractivity contribution in [2.75, 3.05) is 7.11 Å². The molecule has 0 saturated heterocycles. The van der Waals surface area contributed by atoms with Gasteiger partial charge in [0, 0.05) is 11.8 Å². The van der Waals surface area contributed by atoms with Crippen molar-refractivity contribution in [3.8, 4) is 5.75 Å². The first-order chi connectivity index (χ1) is 8.93. The fourth-order valence-corrected chi connectivity index (χ4v) is 1.92. The molecule has 0 saturated carbocycles. The predicted octanol–water partition coefficient (Wildman–Crippen LogP) is 1.04. The van der Waals surface area contributed by atoms with Crippen molar-refractivity contribution >= 4 is 28.6 Å². The zero-order valence-electron chi connectivity index (χ0n) is 10.1. The van der Waals surface area contributed by atoms with Crippen molar-refractivity contribution in [2.24, 2.45) is 16.5 Å². The number of nitrogens with one attached hydrogen (secondary N) is 1. The Kier molecular flexibility index (Phi) is 5.12. The van der Waals surface area contributed by atoms with E-state index in [9.17, 15) is 10.1 Å². The molecule has 0 radical (unpaired) electrons. The second kappa shape index (κ2) is 6.59. The Labute approximate surface area is 113 Å². The van der Waals surface area contributed by atoms with Gasteiger partial charge in [-0.05, 0) is 11.6 Å². The van der Waals surface area contributed by atoms with E-state index in [0.29, 0.717) is 11.3 Å². The summed E-state index contributed by atoms with van der Waals surface area (Å²) in [4.78, 5) is 13.9. The van der Waals surface area contributed by atoms with Gasteiger partial charge in [0.2, 0.25) is 0 Å². The minimum atomic E-state index is -0.519. The fraction of sp³-hybridized carbons (Fsp3) is 0.200. The maximum absolute atomic E-state index is 10.8. The molecule has 8 nitrogen and oxygen atoms in total. The summed E-state index contributed by atoms with van der Waals surface area (Å²) in [6, 6.07) is 4.59. The first-order valence-corrected chi connectivity index (χ1v) is 6.05. The van der Waals surface area contributed by atoms with Crippen LogP contribution in [0.25, 0.3) is 0 Å². The highest BCUT2D eigenvalue weighted by Crippen LogP contribution is 2.29. The highest BCUT2D eigenvalue weighted by atomic mass is 32.2. The van der Waals surface area contributed by atoms with Crippen LogP contribution in [0.5, 0.6) is 5.75 Å². The lowest BCUT2D eigenvalue weighted by Gasteiger charge is -2.04. The zero-order chi connectivity index (χ0) is 14.4. The quantitative estimate of drug-likeness (QED) is 0.326. The summed E-state index contributed by atoms with van der Waals surface area (Å²) < 4.78 is 4.89. The average molecular weight is 283 g/mol. The lowest BCUT2D eigenvalue weighted by atomic mass is 10.2. The second-order valence-electron chi connectivity index (χ2n) is 3.39. The van der Waals surface area contributed by atoms with Gasteiger partial charge in [-0.2, -0.15) is 4.99 Å². The molecular weight excluding hydrogens is 270 g/mol. The molecule has 0 bridgehead atoms. The first kappa shape index (κ1) is 14.8. The number of nitrogens with two attached hydrogens (primary N) is 2. The number of nitro groups is 1. The van der Waals surface area contributed by atoms with Gasteiger partial charge in [0.1, 0.15) is 0 Å². The van der Waals surface area contributed by atoms with Crippen molar-refractivity contribution in [1.82, 2.24) is 0 Å². The minimum absolute atomic E-state index is 0.0570. The monoisotopic (exact) mass is 283 g/mol. The molecule has 102 valence electrons. The average Bonchev–Trinajstić information content (AvgIpc) is 2.35. The van der Waals surface area contributed by atoms with E-state index < -0.39 is 4.92 Å². The zero-order valence-corrected chi connectivity index (χ0v) is 10.9. The van der Waals surface area contributed by atoms with E-state index in [1.54, 1.807) is 6.07 Å². The van der Waals surface area contributed by atoms with Crippen LogP contribution in [0.15, 0.2) is 23.2 Å². The number of amidine groups is 1. The molecule has 0 unspecified atom stereocenters. The van der Waals surface area contributed by atoms with Gasteiger partial charge in [-0.1, -0.05) is 17.8 Å². The van der Waals surface area contributed by atoms with Crippen LogP contribution in [-0.4, -0.2) is 23.2 Å². The van der Waals surface area contributed by atoms with Gasteiger partial charge < -0.3 is 16.2 Å². The summed E-state index contributed by atoms with van der Waals surface area (Å²) in [5, 5.41) is 18.2. The van der Waals surface area contributed by atoms with E-state index >= 15 is 0 Å². The molecule has 0 heterocycles. The molecule has 0 aromatic heterocycles. The third-order valence-electron chi connectivity index (χ3n) is 2.05. The molecule has 1 aromatic rings. The topological polar surface area (TPSA) is 141 Å². The van der Waals surface area contributed by atoms with E-state index in [1.165, 1.54) is 19.2 Å². The number of hydrogen-bond donors (Lipinski definition) is 3. The lowest BCUT2D eigenvalue weighted by Crippen LogP contribution is -2.23. The van der Waals surface area contributed by atoms with E-state index in [1.807, 2.05) is 0 Å². The Balaban J connectivity index is 2.80. The van der Waals surface area contributed by atoms with Crippen molar-refractivity contribution in [2.45, 2.75) is 5.75 Å². The number of methoxy groups -OCH3 is 1. The summed E-state index contributed by atoms with van der Waals surface area (Å²) in [6.45, 7) is 0. The third-order valence-corrected chi connectivity index (χ3v) is 2.89. The molecule has 1 aromatic carbocycles. The molecule has 0 amide bonds. The number of ether oxygens (including phenoxy) is 1. The largest absolute Gasteiger partial charge is 0.490 e. The van der Waals surface area contributed by atoms with Crippen molar-refractivity contribution in [3.63, 3.8) is 0 Å². The summed E-state index contributed by atoms with van der Waals surface area (Å²) in [7, 11) is 1.37. The normalized spacial score (nSPS) is 9.74. The standard InChI is InChI=1S/C10H13N5O3S/c1-18-8-3-2-6(4-7(8)15(16)17)5-19-10(13)14-9(11)12/h2-4H,5H2,1H3,(H5,11,12,13,14). The van der Waals surface area contributed by atoms with Crippen LogP contribution in [0, 0.1) is 15.5 Å². The van der Waals surface area contributed by atoms with Crippen LogP contribution in [0.3, 0.4) is 0 Å². The van der Waals surface area contributed by atoms with Crippen molar-refractivity contribution < 1.29 is 9.66 Å². The van der Waals surface area contributed by atoms with Gasteiger partial charge in [-0.15, -0.1) is 0 Å². The van der Waals surface area contributed by atoms with Crippen LogP contribution in [0.4, 0.5) is 5.69 Å². The third kappa shape index (κ3) is 4.47. The molecule has 0 aliphatic heterocycles. The summed E-state index contributed by atoms with van der Waals surface area (Å²) in [6.07, 6.45) is 0. The molecular formula is C10H13N5O3S. The maximum Gasteiger partial charge on any atom is 0.311 e. The molecule has 0 spiro atoms. The highest BCUT2D eigenvalue weighted by Gasteiger charge is 2.15. The lowest BCUT2D eigenvalue weighted by molar-refractivity contribution is -0.385. The predicted molar refractivity (Wildman–Crippen MR) is 74.5 cm³/mol. The molecule has 5 N–H and O–H groups in total. The molecule has 0 atom stereocenters. The second-order valence-corrected chi connectivity index (χ2v) is 4.36. The number of thioether (sulfide) groups is 1. The van der Waals surface area contributed by atoms with Gasteiger partial charge >= 0.3 is 5.69 Å². The SMILES string of the molecule is COc1ccc(CSC(=N)N=C(N)N)cc1[N+](=O)[O-]. The summed E-state index contributed by atoms with van der Waals surface area (Å²) in [5.41, 5.74) is 10.8. The molecule has 1 rings (SSSR count). The number of nitro benzene ring substituents is 1. The number of nitrogens with zero attached hydrogens (tertiary/aromatic N) is 2. The van der Waals surface area contributed by atoms with Crippen LogP contribution in [-0.2, 0) is 5.75 Å². The number of guanidine groups is 1. The van der Waals surface area contributed by atoms with Gasteiger partial charge in [-0.25, -0.2) is 0 Å². The number of benzene rings is 1. The Morgan fingerprint density at radius 3 is 2.79 bits per heavy atom. The Hall–Kier alpha value is -2.29. The van der Waals surface area contributed by atoms with E-state index in [4.69, 9.17) is 21.6 Å². The van der Waals surface area contributed by atoms with Crippen LogP contribution in [0.2, 0.25) is 0 Å². The highest BCUT2D eigenvalue weighted by molar-refractivity contribution is 8.13. The molecule has 0 aliphatic carbocycles. The first-order valence-electron chi connectivity index (χ1n) is 5.06.